The van der Waals surface area contributed by atoms with Crippen molar-refractivity contribution in [3.05, 3.63) is 108 Å². The molecule has 3 aliphatic heterocycles. The molecule has 3 aromatic carbocycles. The van der Waals surface area contributed by atoms with E-state index in [2.05, 4.69) is 93.9 Å². The summed E-state index contributed by atoms with van der Waals surface area (Å²) in [5, 5.41) is 6.47. The molecule has 9 nitrogen and oxygen atoms in total. The molecule has 6 rings (SSSR count). The fourth-order valence-corrected chi connectivity index (χ4v) is 6.67. The maximum atomic E-state index is 12.0. The van der Waals surface area contributed by atoms with Crippen LogP contribution in [0.3, 0.4) is 0 Å². The van der Waals surface area contributed by atoms with Crippen molar-refractivity contribution in [1.29, 1.82) is 0 Å². The lowest BCUT2D eigenvalue weighted by Gasteiger charge is -2.22. The van der Waals surface area contributed by atoms with Gasteiger partial charge in [-0.25, -0.2) is 0 Å². The van der Waals surface area contributed by atoms with Crippen LogP contribution in [-0.4, -0.2) is 88.7 Å². The van der Waals surface area contributed by atoms with E-state index in [9.17, 15) is 14.4 Å². The maximum absolute atomic E-state index is 12.0. The smallest absolute Gasteiger partial charge is 0.285 e. The second-order valence-corrected chi connectivity index (χ2v) is 15.0. The standard InChI is InChI=1S/3C13H18N2O.3ClH/c3*1-13(2)14-11(12(16)15(13)3)9-10-7-5-4-6-8-10;;;/h3*4-8,11,14H,9H2,1-3H3;3*1H/t3*11-;;;/m000.../s1. The molecule has 3 amide bonds. The highest BCUT2D eigenvalue weighted by Gasteiger charge is 2.48. The molecule has 3 aromatic rings. The highest BCUT2D eigenvalue weighted by molar-refractivity contribution is 5.83. The van der Waals surface area contributed by atoms with Crippen LogP contribution < -0.4 is 53.2 Å². The van der Waals surface area contributed by atoms with Crippen molar-refractivity contribution in [2.45, 2.75) is 95.9 Å². The molecule has 3 heterocycles. The van der Waals surface area contributed by atoms with Crippen LogP contribution in [0.1, 0.15) is 58.2 Å². The van der Waals surface area contributed by atoms with E-state index in [-0.39, 0.29) is 90.1 Å². The summed E-state index contributed by atoms with van der Waals surface area (Å²) in [5.74, 6) is 0.691. The Morgan fingerprint density at radius 3 is 0.784 bits per heavy atom. The first-order chi connectivity index (χ1) is 22.5. The predicted molar refractivity (Wildman–Crippen MR) is 188 cm³/mol. The Morgan fingerprint density at radius 1 is 0.431 bits per heavy atom. The third-order valence-electron chi connectivity index (χ3n) is 10.3. The topological polar surface area (TPSA) is 111 Å². The molecule has 0 aliphatic carbocycles. The van der Waals surface area contributed by atoms with Crippen molar-refractivity contribution in [2.75, 3.05) is 21.1 Å². The Bertz CT molecular complexity index is 1360. The van der Waals surface area contributed by atoms with Crippen molar-refractivity contribution >= 4 is 17.7 Å². The van der Waals surface area contributed by atoms with Crippen molar-refractivity contribution in [1.82, 2.24) is 14.7 Å². The minimum absolute atomic E-state index is 0. The number of hydrogen-bond acceptors (Lipinski definition) is 3. The van der Waals surface area contributed by atoms with Gasteiger partial charge >= 0.3 is 0 Å². The molecule has 12 heteroatoms. The van der Waals surface area contributed by atoms with Crippen LogP contribution in [0.4, 0.5) is 0 Å². The van der Waals surface area contributed by atoms with Crippen LogP contribution in [0, 0.1) is 0 Å². The first kappa shape index (κ1) is 45.8. The summed E-state index contributed by atoms with van der Waals surface area (Å²) in [5.41, 5.74) is 3.33. The molecule has 3 aliphatic rings. The van der Waals surface area contributed by atoms with Crippen LogP contribution in [0.25, 0.3) is 0 Å². The number of amides is 3. The van der Waals surface area contributed by atoms with Gasteiger partial charge in [0.15, 0.2) is 35.1 Å². The second kappa shape index (κ2) is 19.1. The van der Waals surface area contributed by atoms with Crippen molar-refractivity contribution in [3.63, 3.8) is 0 Å². The Kier molecular flexibility index (Phi) is 17.1. The van der Waals surface area contributed by atoms with Gasteiger partial charge in [0.05, 0.1) is 0 Å². The zero-order valence-electron chi connectivity index (χ0n) is 31.4. The molecule has 0 saturated carbocycles. The van der Waals surface area contributed by atoms with Gasteiger partial charge in [0.25, 0.3) is 17.7 Å². The number of nitrogens with two attached hydrogens (primary N) is 3. The number of nitrogens with zero attached hydrogens (tertiary/aromatic N) is 3. The number of carbonyl (C=O) groups excluding carboxylic acids is 3. The second-order valence-electron chi connectivity index (χ2n) is 15.0. The molecule has 3 fully saturated rings. The number of halogens is 3. The van der Waals surface area contributed by atoms with Gasteiger partial charge in [-0.15, -0.1) is 0 Å². The van der Waals surface area contributed by atoms with E-state index in [1.54, 1.807) is 0 Å². The van der Waals surface area contributed by atoms with Crippen LogP contribution in [-0.2, 0) is 33.6 Å². The molecule has 51 heavy (non-hydrogen) atoms. The summed E-state index contributed by atoms with van der Waals surface area (Å²) in [6.07, 6.45) is 2.44. The number of quaternary nitrogens is 3. The molecule has 0 unspecified atom stereocenters. The third-order valence-corrected chi connectivity index (χ3v) is 10.3. The van der Waals surface area contributed by atoms with Crippen LogP contribution in [0.2, 0.25) is 0 Å². The highest BCUT2D eigenvalue weighted by Crippen LogP contribution is 2.16. The molecule has 0 spiro atoms. The minimum atomic E-state index is -0.115. The molecule has 0 aromatic heterocycles. The highest BCUT2D eigenvalue weighted by atomic mass is 35.5. The molecule has 3 atom stereocenters. The summed E-state index contributed by atoms with van der Waals surface area (Å²) >= 11 is 0. The summed E-state index contributed by atoms with van der Waals surface area (Å²) in [6.45, 7) is 12.5. The molecule has 3 saturated heterocycles. The van der Waals surface area contributed by atoms with Gasteiger partial charge in [0.2, 0.25) is 0 Å². The van der Waals surface area contributed by atoms with Crippen LogP contribution in [0.5, 0.6) is 0 Å². The van der Waals surface area contributed by atoms with Crippen molar-refractivity contribution in [2.24, 2.45) is 0 Å². The number of benzene rings is 3. The summed E-state index contributed by atoms with van der Waals surface area (Å²) in [6, 6.07) is 30.6. The van der Waals surface area contributed by atoms with Gasteiger partial charge in [0, 0.05) is 81.9 Å². The monoisotopic (exact) mass is 762 g/mol. The van der Waals surface area contributed by atoms with E-state index in [1.807, 2.05) is 90.4 Å². The molecule has 282 valence electrons. The molecular formula is C39H57Cl3N6O3. The predicted octanol–water partition coefficient (Wildman–Crippen LogP) is -7.88. The van der Waals surface area contributed by atoms with E-state index >= 15 is 0 Å². The molecule has 6 N–H and O–H groups in total. The zero-order chi connectivity index (χ0) is 35.3. The SMILES string of the molecule is CN1C(=O)[C@H](Cc2ccccc2)[NH2+]C1(C)C.CN1C(=O)[C@H](Cc2ccccc2)[NH2+]C1(C)C.CN1C(=O)[C@H](Cc2ccccc2)[NH2+]C1(C)C.[Cl-].[Cl-].[Cl-]. The zero-order valence-corrected chi connectivity index (χ0v) is 33.7. The van der Waals surface area contributed by atoms with Gasteiger partial charge in [0.1, 0.15) is 0 Å². The van der Waals surface area contributed by atoms with E-state index in [1.165, 1.54) is 16.7 Å². The Hall–Kier alpha value is -3.18. The summed E-state index contributed by atoms with van der Waals surface area (Å²) in [4.78, 5) is 41.6. The first-order valence-electron chi connectivity index (χ1n) is 17.0. The van der Waals surface area contributed by atoms with E-state index < -0.39 is 0 Å². The number of likely N-dealkylation sites (N-methyl/N-ethyl adjacent to an activating group) is 3. The Balaban J connectivity index is 0.000000372. The van der Waals surface area contributed by atoms with Gasteiger partial charge < -0.3 is 53.2 Å². The van der Waals surface area contributed by atoms with E-state index in [4.69, 9.17) is 0 Å². The van der Waals surface area contributed by atoms with Crippen molar-refractivity contribution in [3.8, 4) is 0 Å². The first-order valence-corrected chi connectivity index (χ1v) is 17.0. The van der Waals surface area contributed by atoms with Gasteiger partial charge in [-0.05, 0) is 16.7 Å². The van der Waals surface area contributed by atoms with Gasteiger partial charge in [-0.1, -0.05) is 91.0 Å². The molecular weight excluding hydrogens is 707 g/mol. The normalized spacial score (nSPS) is 22.4. The fourth-order valence-electron chi connectivity index (χ4n) is 6.67. The lowest BCUT2D eigenvalue weighted by atomic mass is 10.1. The van der Waals surface area contributed by atoms with Crippen LogP contribution in [0.15, 0.2) is 91.0 Å². The lowest BCUT2D eigenvalue weighted by molar-refractivity contribution is -0.737. The van der Waals surface area contributed by atoms with Crippen LogP contribution >= 0.6 is 0 Å². The van der Waals surface area contributed by atoms with Gasteiger partial charge in [-0.3, -0.25) is 29.1 Å². The quantitative estimate of drug-likeness (QED) is 0.232. The summed E-state index contributed by atoms with van der Waals surface area (Å²) < 4.78 is 0. The summed E-state index contributed by atoms with van der Waals surface area (Å²) in [7, 11) is 5.64. The van der Waals surface area contributed by atoms with Gasteiger partial charge in [-0.2, -0.15) is 0 Å². The molecule has 0 radical (unpaired) electrons. The van der Waals surface area contributed by atoms with E-state index in [0.717, 1.165) is 19.3 Å². The molecule has 0 bridgehead atoms. The number of hydrogen-bond donors (Lipinski definition) is 3. The Labute approximate surface area is 323 Å². The average Bonchev–Trinajstić information content (AvgIpc) is 3.47. The lowest BCUT2D eigenvalue weighted by Crippen LogP contribution is -3.00. The Morgan fingerprint density at radius 2 is 0.627 bits per heavy atom. The number of rotatable bonds is 6. The van der Waals surface area contributed by atoms with Crippen molar-refractivity contribution < 1.29 is 67.6 Å². The maximum Gasteiger partial charge on any atom is 0.285 e. The fraction of sp³-hybridized carbons (Fsp3) is 0.462. The average molecular weight is 764 g/mol. The van der Waals surface area contributed by atoms with E-state index in [0.29, 0.717) is 0 Å². The minimum Gasteiger partial charge on any atom is -1.00 e. The largest absolute Gasteiger partial charge is 1.00 e. The number of carbonyl (C=O) groups is 3. The third kappa shape index (κ3) is 11.7.